The zero-order valence-corrected chi connectivity index (χ0v) is 19.5. The van der Waals surface area contributed by atoms with E-state index in [1.165, 1.54) is 11.3 Å². The second-order valence-corrected chi connectivity index (χ2v) is 11.2. The normalized spacial score (nSPS) is 26.7. The Kier molecular flexibility index (Phi) is 6.25. The fraction of sp³-hybridized carbons (Fsp3) is 0.538. The number of benzene rings is 1. The van der Waals surface area contributed by atoms with E-state index < -0.39 is 5.97 Å². The van der Waals surface area contributed by atoms with Crippen molar-refractivity contribution in [1.82, 2.24) is 5.32 Å². The van der Waals surface area contributed by atoms with E-state index in [4.69, 9.17) is 5.11 Å². The van der Waals surface area contributed by atoms with Crippen molar-refractivity contribution in [3.63, 3.8) is 0 Å². The molecule has 0 aliphatic heterocycles. The van der Waals surface area contributed by atoms with Gasteiger partial charge in [0.15, 0.2) is 0 Å². The van der Waals surface area contributed by atoms with Crippen LogP contribution in [0.25, 0.3) is 10.1 Å². The third kappa shape index (κ3) is 4.43. The maximum atomic E-state index is 13.3. The van der Waals surface area contributed by atoms with Gasteiger partial charge in [-0.25, -0.2) is 0 Å². The molecule has 4 nitrogen and oxygen atoms in total. The molecule has 2 N–H and O–H groups in total. The van der Waals surface area contributed by atoms with Gasteiger partial charge in [-0.2, -0.15) is 0 Å². The average Bonchev–Trinajstić information content (AvgIpc) is 3.10. The minimum atomic E-state index is -0.735. The zero-order valence-electron chi connectivity index (χ0n) is 18.7. The van der Waals surface area contributed by atoms with Crippen molar-refractivity contribution in [1.29, 1.82) is 0 Å². The second kappa shape index (κ2) is 8.78. The number of hydrogen-bond donors (Lipinski definition) is 2. The van der Waals surface area contributed by atoms with Crippen LogP contribution in [0.4, 0.5) is 0 Å². The number of hydrogen-bond acceptors (Lipinski definition) is 3. The summed E-state index contributed by atoms with van der Waals surface area (Å²) >= 11 is 1.69. The number of aryl methyl sites for hydroxylation is 1. The molecular weight excluding hydrogens is 406 g/mol. The number of thiophene rings is 1. The number of amides is 1. The maximum absolute atomic E-state index is 13.3. The highest BCUT2D eigenvalue weighted by atomic mass is 32.1. The number of unbranched alkanes of at least 4 members (excludes halogenated alkanes) is 1. The van der Waals surface area contributed by atoms with Gasteiger partial charge in [-0.15, -0.1) is 11.3 Å². The van der Waals surface area contributed by atoms with Gasteiger partial charge in [-0.1, -0.05) is 38.1 Å². The standard InChI is InChI=1S/C26H33NO3S/c1-16-13-17-9-8-11-20(24(17)31-16)25(30)27-22-15-18-14-21(26(18,2)3)19(22)10-6-4-5-7-12-23(28)29/h4,6,8-9,11,13,18-19,21-22H,5,7,10,12,14-15H2,1-3H3,(H,27,30)(H,28,29)/t18-,19-,21+,22?/m1/s1. The molecule has 4 atom stereocenters. The lowest BCUT2D eigenvalue weighted by molar-refractivity contribution is -0.137. The third-order valence-corrected chi connectivity index (χ3v) is 8.78. The molecule has 1 aromatic heterocycles. The summed E-state index contributed by atoms with van der Waals surface area (Å²) in [6.45, 7) is 6.84. The zero-order chi connectivity index (χ0) is 22.2. The molecule has 0 saturated heterocycles. The van der Waals surface area contributed by atoms with Crippen molar-refractivity contribution < 1.29 is 14.7 Å². The number of carbonyl (C=O) groups is 2. The number of carbonyl (C=O) groups excluding carboxylic acids is 1. The Balaban J connectivity index is 1.46. The van der Waals surface area contributed by atoms with Crippen LogP contribution in [0.2, 0.25) is 0 Å². The fourth-order valence-corrected chi connectivity index (χ4v) is 6.82. The summed E-state index contributed by atoms with van der Waals surface area (Å²) in [6.07, 6.45) is 9.28. The number of rotatable bonds is 8. The van der Waals surface area contributed by atoms with Gasteiger partial charge in [0.05, 0.1) is 5.56 Å². The Labute approximate surface area is 188 Å². The molecule has 1 heterocycles. The largest absolute Gasteiger partial charge is 0.481 e. The molecule has 3 fully saturated rings. The van der Waals surface area contributed by atoms with Crippen LogP contribution in [0.15, 0.2) is 36.4 Å². The summed E-state index contributed by atoms with van der Waals surface area (Å²) < 4.78 is 1.08. The first-order valence-electron chi connectivity index (χ1n) is 11.4. The smallest absolute Gasteiger partial charge is 0.303 e. The average molecular weight is 440 g/mol. The minimum Gasteiger partial charge on any atom is -0.481 e. The van der Waals surface area contributed by atoms with E-state index in [1.807, 2.05) is 12.1 Å². The predicted octanol–water partition coefficient (Wildman–Crippen LogP) is 6.19. The highest BCUT2D eigenvalue weighted by molar-refractivity contribution is 7.19. The van der Waals surface area contributed by atoms with Crippen LogP contribution in [0.1, 0.15) is 67.6 Å². The van der Waals surface area contributed by atoms with Crippen molar-refractivity contribution in [2.24, 2.45) is 23.2 Å². The lowest BCUT2D eigenvalue weighted by atomic mass is 9.44. The van der Waals surface area contributed by atoms with Crippen molar-refractivity contribution in [3.05, 3.63) is 46.9 Å². The van der Waals surface area contributed by atoms with Crippen LogP contribution < -0.4 is 5.32 Å². The summed E-state index contributed by atoms with van der Waals surface area (Å²) in [5.74, 6) is 1.05. The first kappa shape index (κ1) is 22.1. The molecule has 1 aromatic carbocycles. The fourth-order valence-electron chi connectivity index (χ4n) is 5.80. The first-order chi connectivity index (χ1) is 14.8. The summed E-state index contributed by atoms with van der Waals surface area (Å²) in [4.78, 5) is 25.2. The number of carboxylic acids is 1. The van der Waals surface area contributed by atoms with Crippen LogP contribution >= 0.6 is 11.3 Å². The van der Waals surface area contributed by atoms with E-state index in [2.05, 4.69) is 50.4 Å². The van der Waals surface area contributed by atoms with Crippen molar-refractivity contribution >= 4 is 33.3 Å². The lowest BCUT2D eigenvalue weighted by Gasteiger charge is -2.62. The summed E-state index contributed by atoms with van der Waals surface area (Å²) in [7, 11) is 0. The highest BCUT2D eigenvalue weighted by Gasteiger charge is 2.57. The monoisotopic (exact) mass is 439 g/mol. The SMILES string of the molecule is Cc1cc2cccc(C(=O)NC3C[C@H]4C[C@@H]([C@H]3CC=CCCCC(=O)O)C4(C)C)c2s1. The summed E-state index contributed by atoms with van der Waals surface area (Å²) in [5.41, 5.74) is 1.13. The van der Waals surface area contributed by atoms with E-state index in [0.717, 1.165) is 34.9 Å². The Morgan fingerprint density at radius 3 is 2.81 bits per heavy atom. The van der Waals surface area contributed by atoms with Gasteiger partial charge < -0.3 is 10.4 Å². The quantitative estimate of drug-likeness (QED) is 0.381. The minimum absolute atomic E-state index is 0.0481. The maximum Gasteiger partial charge on any atom is 0.303 e. The third-order valence-electron chi connectivity index (χ3n) is 7.68. The van der Waals surface area contributed by atoms with Crippen molar-refractivity contribution in [2.45, 2.75) is 65.3 Å². The van der Waals surface area contributed by atoms with E-state index in [0.29, 0.717) is 29.6 Å². The van der Waals surface area contributed by atoms with E-state index >= 15 is 0 Å². The number of carboxylic acid groups (broad SMARTS) is 1. The summed E-state index contributed by atoms with van der Waals surface area (Å²) in [6, 6.07) is 8.34. The van der Waals surface area contributed by atoms with Crippen LogP contribution in [0.3, 0.4) is 0 Å². The van der Waals surface area contributed by atoms with E-state index in [-0.39, 0.29) is 18.4 Å². The topological polar surface area (TPSA) is 66.4 Å². The van der Waals surface area contributed by atoms with Crippen LogP contribution in [-0.4, -0.2) is 23.0 Å². The van der Waals surface area contributed by atoms with Gasteiger partial charge in [-0.05, 0) is 79.7 Å². The highest BCUT2D eigenvalue weighted by Crippen LogP contribution is 2.62. The van der Waals surface area contributed by atoms with Gasteiger partial charge in [0.2, 0.25) is 0 Å². The molecule has 5 rings (SSSR count). The molecule has 31 heavy (non-hydrogen) atoms. The Morgan fingerprint density at radius 2 is 2.06 bits per heavy atom. The molecule has 5 heteroatoms. The molecule has 0 spiro atoms. The van der Waals surface area contributed by atoms with Crippen LogP contribution in [0.5, 0.6) is 0 Å². The Hall–Kier alpha value is -2.14. The van der Waals surface area contributed by atoms with Gasteiger partial charge >= 0.3 is 5.97 Å². The lowest BCUT2D eigenvalue weighted by Crippen LogP contribution is -2.61. The van der Waals surface area contributed by atoms with Gasteiger partial charge in [0.1, 0.15) is 0 Å². The van der Waals surface area contributed by atoms with Gasteiger partial charge in [0.25, 0.3) is 5.91 Å². The van der Waals surface area contributed by atoms with Crippen LogP contribution in [-0.2, 0) is 4.79 Å². The molecule has 3 aliphatic carbocycles. The number of fused-ring (bicyclic) bond motifs is 3. The first-order valence-corrected chi connectivity index (χ1v) is 12.3. The summed E-state index contributed by atoms with van der Waals surface area (Å²) in [5, 5.41) is 13.3. The number of nitrogens with one attached hydrogen (secondary N) is 1. The molecule has 166 valence electrons. The van der Waals surface area contributed by atoms with E-state index in [9.17, 15) is 9.59 Å². The van der Waals surface area contributed by atoms with Gasteiger partial charge in [0, 0.05) is 22.0 Å². The molecule has 1 unspecified atom stereocenters. The molecule has 3 saturated carbocycles. The van der Waals surface area contributed by atoms with Crippen molar-refractivity contribution in [2.75, 3.05) is 0 Å². The number of aliphatic carboxylic acids is 1. The van der Waals surface area contributed by atoms with Gasteiger partial charge in [-0.3, -0.25) is 9.59 Å². The predicted molar refractivity (Wildman–Crippen MR) is 127 cm³/mol. The molecule has 0 radical (unpaired) electrons. The molecular formula is C26H33NO3S. The second-order valence-electron chi connectivity index (χ2n) is 9.91. The molecule has 2 bridgehead atoms. The molecule has 3 aliphatic rings. The molecule has 1 amide bonds. The Morgan fingerprint density at radius 1 is 1.26 bits per heavy atom. The Bertz CT molecular complexity index is 1010. The molecule has 2 aromatic rings. The number of allylic oxidation sites excluding steroid dienone is 2. The van der Waals surface area contributed by atoms with E-state index in [1.54, 1.807) is 11.3 Å². The van der Waals surface area contributed by atoms with Crippen molar-refractivity contribution in [3.8, 4) is 0 Å². The van der Waals surface area contributed by atoms with Crippen LogP contribution in [0, 0.1) is 30.1 Å².